The number of hydrogen-bond acceptors (Lipinski definition) is 4. The summed E-state index contributed by atoms with van der Waals surface area (Å²) in [6.07, 6.45) is 0. The summed E-state index contributed by atoms with van der Waals surface area (Å²) in [5.41, 5.74) is 1.22. The summed E-state index contributed by atoms with van der Waals surface area (Å²) in [5.74, 6) is 0.259. The van der Waals surface area contributed by atoms with Crippen LogP contribution in [0.1, 0.15) is 0 Å². The summed E-state index contributed by atoms with van der Waals surface area (Å²) < 4.78 is 4.98. The van der Waals surface area contributed by atoms with E-state index < -0.39 is 0 Å². The molecule has 1 amide bonds. The van der Waals surface area contributed by atoms with Crippen LogP contribution in [-0.2, 0) is 4.79 Å². The normalized spacial score (nSPS) is 9.85. The highest BCUT2D eigenvalue weighted by molar-refractivity contribution is 5.95. The minimum Gasteiger partial charge on any atom is -0.506 e. The summed E-state index contributed by atoms with van der Waals surface area (Å²) in [6, 6.07) is 14.1. The third-order valence-corrected chi connectivity index (χ3v) is 2.71. The van der Waals surface area contributed by atoms with Gasteiger partial charge in [-0.3, -0.25) is 4.79 Å². The van der Waals surface area contributed by atoms with Gasteiger partial charge in [-0.1, -0.05) is 18.2 Å². The van der Waals surface area contributed by atoms with Gasteiger partial charge in [0.15, 0.2) is 0 Å². The molecule has 0 saturated heterocycles. The minimum absolute atomic E-state index is 0.0302. The molecule has 0 spiro atoms. The van der Waals surface area contributed by atoms with Crippen molar-refractivity contribution in [3.8, 4) is 11.5 Å². The van der Waals surface area contributed by atoms with Gasteiger partial charge in [0, 0.05) is 11.8 Å². The second-order valence-corrected chi connectivity index (χ2v) is 4.15. The molecule has 0 unspecified atom stereocenters. The topological polar surface area (TPSA) is 70.6 Å². The number of benzene rings is 2. The van der Waals surface area contributed by atoms with Crippen LogP contribution in [0, 0.1) is 0 Å². The Bertz CT molecular complexity index is 585. The molecule has 20 heavy (non-hydrogen) atoms. The zero-order valence-corrected chi connectivity index (χ0v) is 11.1. The van der Waals surface area contributed by atoms with Gasteiger partial charge in [0.05, 0.1) is 19.3 Å². The Hall–Kier alpha value is -2.69. The molecule has 0 saturated carbocycles. The van der Waals surface area contributed by atoms with Gasteiger partial charge in [0.25, 0.3) is 0 Å². The van der Waals surface area contributed by atoms with E-state index in [4.69, 9.17) is 4.74 Å². The first-order valence-electron chi connectivity index (χ1n) is 6.15. The number of anilines is 2. The van der Waals surface area contributed by atoms with E-state index in [2.05, 4.69) is 10.6 Å². The largest absolute Gasteiger partial charge is 0.506 e. The van der Waals surface area contributed by atoms with Crippen molar-refractivity contribution in [3.63, 3.8) is 0 Å². The number of carbonyl (C=O) groups excluding carboxylic acids is 1. The van der Waals surface area contributed by atoms with Crippen molar-refractivity contribution < 1.29 is 14.6 Å². The molecule has 3 N–H and O–H groups in total. The fraction of sp³-hybridized carbons (Fsp3) is 0.133. The molecule has 0 aromatic heterocycles. The van der Waals surface area contributed by atoms with Gasteiger partial charge in [-0.25, -0.2) is 0 Å². The van der Waals surface area contributed by atoms with Crippen LogP contribution >= 0.6 is 0 Å². The number of aromatic hydroxyl groups is 1. The van der Waals surface area contributed by atoms with Crippen LogP contribution < -0.4 is 15.4 Å². The standard InChI is InChI=1S/C15H16N2O3/c1-20-12-7-8-13(14(18)9-12)17-15(19)10-16-11-5-3-2-4-6-11/h2-9,16,18H,10H2,1H3,(H,17,19). The zero-order valence-electron chi connectivity index (χ0n) is 11.1. The van der Waals surface area contributed by atoms with Crippen LogP contribution in [0.25, 0.3) is 0 Å². The first kappa shape index (κ1) is 13.7. The number of phenols is 1. The molecule has 2 aromatic rings. The Labute approximate surface area is 117 Å². The summed E-state index contributed by atoms with van der Waals surface area (Å²) in [7, 11) is 1.51. The van der Waals surface area contributed by atoms with Crippen LogP contribution in [0.4, 0.5) is 11.4 Å². The van der Waals surface area contributed by atoms with Crippen molar-refractivity contribution in [1.29, 1.82) is 0 Å². The lowest BCUT2D eigenvalue weighted by Gasteiger charge is -2.10. The highest BCUT2D eigenvalue weighted by Gasteiger charge is 2.07. The van der Waals surface area contributed by atoms with Gasteiger partial charge in [-0.15, -0.1) is 0 Å². The molecule has 0 atom stereocenters. The molecule has 2 aromatic carbocycles. The Morgan fingerprint density at radius 3 is 2.60 bits per heavy atom. The van der Waals surface area contributed by atoms with Gasteiger partial charge < -0.3 is 20.5 Å². The monoisotopic (exact) mass is 272 g/mol. The second kappa shape index (κ2) is 6.47. The van der Waals surface area contributed by atoms with Crippen LogP contribution in [0.15, 0.2) is 48.5 Å². The maximum absolute atomic E-state index is 11.8. The number of rotatable bonds is 5. The number of para-hydroxylation sites is 1. The van der Waals surface area contributed by atoms with E-state index in [9.17, 15) is 9.90 Å². The molecular weight excluding hydrogens is 256 g/mol. The Morgan fingerprint density at radius 2 is 1.95 bits per heavy atom. The van der Waals surface area contributed by atoms with E-state index in [0.717, 1.165) is 5.69 Å². The number of hydrogen-bond donors (Lipinski definition) is 3. The van der Waals surface area contributed by atoms with E-state index in [-0.39, 0.29) is 18.2 Å². The van der Waals surface area contributed by atoms with Crippen molar-refractivity contribution in [2.45, 2.75) is 0 Å². The van der Waals surface area contributed by atoms with Crippen molar-refractivity contribution in [3.05, 3.63) is 48.5 Å². The Kier molecular flexibility index (Phi) is 4.44. The molecule has 0 aliphatic heterocycles. The van der Waals surface area contributed by atoms with Gasteiger partial charge >= 0.3 is 0 Å². The van der Waals surface area contributed by atoms with E-state index in [1.807, 2.05) is 30.3 Å². The molecule has 5 heteroatoms. The predicted octanol–water partition coefficient (Wildman–Crippen LogP) is 2.45. The van der Waals surface area contributed by atoms with Gasteiger partial charge in [-0.2, -0.15) is 0 Å². The smallest absolute Gasteiger partial charge is 0.243 e. The van der Waals surface area contributed by atoms with Gasteiger partial charge in [0.2, 0.25) is 5.91 Å². The van der Waals surface area contributed by atoms with Crippen molar-refractivity contribution in [1.82, 2.24) is 0 Å². The molecule has 104 valence electrons. The molecule has 5 nitrogen and oxygen atoms in total. The van der Waals surface area contributed by atoms with Crippen LogP contribution in [0.3, 0.4) is 0 Å². The Morgan fingerprint density at radius 1 is 1.20 bits per heavy atom. The van der Waals surface area contributed by atoms with E-state index in [1.165, 1.54) is 13.2 Å². The lowest BCUT2D eigenvalue weighted by molar-refractivity contribution is -0.114. The lowest BCUT2D eigenvalue weighted by atomic mass is 10.2. The summed E-state index contributed by atoms with van der Waals surface area (Å²) in [4.78, 5) is 11.8. The van der Waals surface area contributed by atoms with Crippen molar-refractivity contribution >= 4 is 17.3 Å². The number of methoxy groups -OCH3 is 1. The molecule has 0 aliphatic carbocycles. The quantitative estimate of drug-likeness (QED) is 0.731. The first-order valence-corrected chi connectivity index (χ1v) is 6.15. The van der Waals surface area contributed by atoms with Crippen molar-refractivity contribution in [2.24, 2.45) is 0 Å². The van der Waals surface area contributed by atoms with Crippen LogP contribution in [-0.4, -0.2) is 24.7 Å². The SMILES string of the molecule is COc1ccc(NC(=O)CNc2ccccc2)c(O)c1. The minimum atomic E-state index is -0.241. The van der Waals surface area contributed by atoms with Crippen LogP contribution in [0.5, 0.6) is 11.5 Å². The number of nitrogens with one attached hydrogen (secondary N) is 2. The molecule has 0 fully saturated rings. The lowest BCUT2D eigenvalue weighted by Crippen LogP contribution is -2.21. The fourth-order valence-corrected chi connectivity index (χ4v) is 1.68. The first-order chi connectivity index (χ1) is 9.69. The fourth-order valence-electron chi connectivity index (χ4n) is 1.68. The summed E-state index contributed by atoms with van der Waals surface area (Å²) in [6.45, 7) is 0.121. The number of phenolic OH excluding ortho intramolecular Hbond substituents is 1. The molecular formula is C15H16N2O3. The second-order valence-electron chi connectivity index (χ2n) is 4.15. The van der Waals surface area contributed by atoms with E-state index >= 15 is 0 Å². The van der Waals surface area contributed by atoms with Crippen molar-refractivity contribution in [2.75, 3.05) is 24.3 Å². The average molecular weight is 272 g/mol. The third kappa shape index (κ3) is 3.65. The highest BCUT2D eigenvalue weighted by atomic mass is 16.5. The summed E-state index contributed by atoms with van der Waals surface area (Å²) in [5, 5.41) is 15.4. The zero-order chi connectivity index (χ0) is 14.4. The average Bonchev–Trinajstić information content (AvgIpc) is 2.48. The molecule has 2 rings (SSSR count). The van der Waals surface area contributed by atoms with Gasteiger partial charge in [0.1, 0.15) is 11.5 Å². The molecule has 0 heterocycles. The van der Waals surface area contributed by atoms with Crippen LogP contribution in [0.2, 0.25) is 0 Å². The summed E-state index contributed by atoms with van der Waals surface area (Å²) >= 11 is 0. The number of ether oxygens (including phenoxy) is 1. The number of amides is 1. The predicted molar refractivity (Wildman–Crippen MR) is 78.2 cm³/mol. The number of carbonyl (C=O) groups is 1. The van der Waals surface area contributed by atoms with Gasteiger partial charge in [-0.05, 0) is 24.3 Å². The molecule has 0 radical (unpaired) electrons. The van der Waals surface area contributed by atoms with E-state index in [1.54, 1.807) is 12.1 Å². The maximum atomic E-state index is 11.8. The molecule has 0 bridgehead atoms. The maximum Gasteiger partial charge on any atom is 0.243 e. The Balaban J connectivity index is 1.91. The molecule has 0 aliphatic rings. The third-order valence-electron chi connectivity index (χ3n) is 2.71. The van der Waals surface area contributed by atoms with E-state index in [0.29, 0.717) is 11.4 Å². The highest BCUT2D eigenvalue weighted by Crippen LogP contribution is 2.27.